The van der Waals surface area contributed by atoms with Crippen LogP contribution in [0.3, 0.4) is 0 Å². The summed E-state index contributed by atoms with van der Waals surface area (Å²) in [5.74, 6) is 3.38. The SMILES string of the molecule is CCNc1nc(C2CC2)nc(NCc2cccnc2)c1C. The Morgan fingerprint density at radius 2 is 1.95 bits per heavy atom. The Kier molecular flexibility index (Phi) is 3.99. The van der Waals surface area contributed by atoms with E-state index in [4.69, 9.17) is 4.98 Å². The number of nitrogens with zero attached hydrogens (tertiary/aromatic N) is 3. The van der Waals surface area contributed by atoms with Crippen molar-refractivity contribution in [3.05, 3.63) is 41.5 Å². The van der Waals surface area contributed by atoms with Crippen LogP contribution in [0.25, 0.3) is 0 Å². The monoisotopic (exact) mass is 283 g/mol. The molecule has 3 rings (SSSR count). The molecule has 0 unspecified atom stereocenters. The van der Waals surface area contributed by atoms with E-state index < -0.39 is 0 Å². The van der Waals surface area contributed by atoms with Crippen molar-refractivity contribution in [2.45, 2.75) is 39.2 Å². The van der Waals surface area contributed by atoms with Gasteiger partial charge in [0.25, 0.3) is 0 Å². The molecule has 5 heteroatoms. The Hall–Kier alpha value is -2.17. The van der Waals surface area contributed by atoms with Gasteiger partial charge in [-0.05, 0) is 38.3 Å². The number of hydrogen-bond acceptors (Lipinski definition) is 5. The molecule has 0 radical (unpaired) electrons. The maximum atomic E-state index is 4.71. The summed E-state index contributed by atoms with van der Waals surface area (Å²) in [6.07, 6.45) is 6.07. The number of hydrogen-bond donors (Lipinski definition) is 2. The molecular formula is C16H21N5. The van der Waals surface area contributed by atoms with Crippen LogP contribution in [0.5, 0.6) is 0 Å². The van der Waals surface area contributed by atoms with Crippen molar-refractivity contribution in [3.63, 3.8) is 0 Å². The van der Waals surface area contributed by atoms with E-state index in [0.717, 1.165) is 41.7 Å². The third-order valence-corrected chi connectivity index (χ3v) is 3.63. The summed E-state index contributed by atoms with van der Waals surface area (Å²) in [5.41, 5.74) is 2.22. The minimum absolute atomic E-state index is 0.543. The van der Waals surface area contributed by atoms with Crippen molar-refractivity contribution in [1.82, 2.24) is 15.0 Å². The predicted molar refractivity (Wildman–Crippen MR) is 84.5 cm³/mol. The van der Waals surface area contributed by atoms with Crippen molar-refractivity contribution in [1.29, 1.82) is 0 Å². The molecule has 1 saturated carbocycles. The van der Waals surface area contributed by atoms with Gasteiger partial charge in [-0.1, -0.05) is 6.07 Å². The lowest BCUT2D eigenvalue weighted by Gasteiger charge is -2.14. The molecule has 1 aliphatic rings. The largest absolute Gasteiger partial charge is 0.370 e. The topological polar surface area (TPSA) is 62.7 Å². The normalized spacial score (nSPS) is 14.0. The van der Waals surface area contributed by atoms with Gasteiger partial charge in [-0.25, -0.2) is 9.97 Å². The van der Waals surface area contributed by atoms with Crippen LogP contribution in [0.15, 0.2) is 24.5 Å². The molecule has 0 bridgehead atoms. The zero-order chi connectivity index (χ0) is 14.7. The lowest BCUT2D eigenvalue weighted by atomic mass is 10.2. The molecule has 0 atom stereocenters. The van der Waals surface area contributed by atoms with Crippen molar-refractivity contribution >= 4 is 11.6 Å². The van der Waals surface area contributed by atoms with Crippen LogP contribution in [0, 0.1) is 6.92 Å². The van der Waals surface area contributed by atoms with Gasteiger partial charge in [-0.3, -0.25) is 4.98 Å². The summed E-state index contributed by atoms with van der Waals surface area (Å²) in [4.78, 5) is 13.5. The van der Waals surface area contributed by atoms with E-state index in [1.807, 2.05) is 12.3 Å². The van der Waals surface area contributed by atoms with Gasteiger partial charge in [-0.15, -0.1) is 0 Å². The van der Waals surface area contributed by atoms with E-state index in [1.54, 1.807) is 6.20 Å². The van der Waals surface area contributed by atoms with Gasteiger partial charge in [0.2, 0.25) is 0 Å². The summed E-state index contributed by atoms with van der Waals surface area (Å²) in [6.45, 7) is 5.73. The average Bonchev–Trinajstić information content (AvgIpc) is 3.34. The van der Waals surface area contributed by atoms with Crippen LogP contribution in [0.1, 0.15) is 42.6 Å². The summed E-state index contributed by atoms with van der Waals surface area (Å²) in [6, 6.07) is 4.01. The fourth-order valence-corrected chi connectivity index (χ4v) is 2.26. The predicted octanol–water partition coefficient (Wildman–Crippen LogP) is 3.10. The standard InChI is InChI=1S/C16H21N5/c1-3-18-14-11(2)15(21-16(20-14)13-6-7-13)19-10-12-5-4-8-17-9-12/h4-5,8-9,13H,3,6-7,10H2,1-2H3,(H2,18,19,20,21). The van der Waals surface area contributed by atoms with E-state index in [1.165, 1.54) is 12.8 Å². The zero-order valence-corrected chi connectivity index (χ0v) is 12.6. The number of pyridine rings is 1. The smallest absolute Gasteiger partial charge is 0.136 e. The number of anilines is 2. The van der Waals surface area contributed by atoms with Crippen molar-refractivity contribution < 1.29 is 0 Å². The first-order valence-corrected chi connectivity index (χ1v) is 7.53. The molecule has 5 nitrogen and oxygen atoms in total. The van der Waals surface area contributed by atoms with Gasteiger partial charge in [-0.2, -0.15) is 0 Å². The Morgan fingerprint density at radius 1 is 1.19 bits per heavy atom. The fraction of sp³-hybridized carbons (Fsp3) is 0.438. The van der Waals surface area contributed by atoms with Crippen LogP contribution in [-0.2, 0) is 6.54 Å². The molecule has 0 saturated heterocycles. The molecule has 2 heterocycles. The summed E-state index contributed by atoms with van der Waals surface area (Å²) in [7, 11) is 0. The van der Waals surface area contributed by atoms with Gasteiger partial charge >= 0.3 is 0 Å². The minimum atomic E-state index is 0.543. The van der Waals surface area contributed by atoms with Gasteiger partial charge in [0, 0.05) is 37.0 Å². The lowest BCUT2D eigenvalue weighted by molar-refractivity contribution is 0.908. The van der Waals surface area contributed by atoms with Gasteiger partial charge < -0.3 is 10.6 Å². The zero-order valence-electron chi connectivity index (χ0n) is 12.6. The first-order valence-electron chi connectivity index (χ1n) is 7.53. The number of nitrogens with one attached hydrogen (secondary N) is 2. The maximum Gasteiger partial charge on any atom is 0.136 e. The number of rotatable bonds is 6. The molecule has 1 aliphatic carbocycles. The lowest BCUT2D eigenvalue weighted by Crippen LogP contribution is -2.11. The Morgan fingerprint density at radius 3 is 2.57 bits per heavy atom. The Bertz CT molecular complexity index is 608. The minimum Gasteiger partial charge on any atom is -0.370 e. The van der Waals surface area contributed by atoms with E-state index in [-0.39, 0.29) is 0 Å². The molecule has 2 aromatic heterocycles. The molecule has 0 aliphatic heterocycles. The molecule has 21 heavy (non-hydrogen) atoms. The highest BCUT2D eigenvalue weighted by molar-refractivity contribution is 5.57. The van der Waals surface area contributed by atoms with Gasteiger partial charge in [0.05, 0.1) is 0 Å². The first-order chi connectivity index (χ1) is 10.3. The maximum absolute atomic E-state index is 4.71. The molecule has 0 amide bonds. The third-order valence-electron chi connectivity index (χ3n) is 3.63. The summed E-state index contributed by atoms with van der Waals surface area (Å²) >= 11 is 0. The van der Waals surface area contributed by atoms with Gasteiger partial charge in [0.1, 0.15) is 17.5 Å². The van der Waals surface area contributed by atoms with E-state index >= 15 is 0 Å². The van der Waals surface area contributed by atoms with Crippen LogP contribution in [-0.4, -0.2) is 21.5 Å². The van der Waals surface area contributed by atoms with Crippen LogP contribution >= 0.6 is 0 Å². The highest BCUT2D eigenvalue weighted by Gasteiger charge is 2.28. The van der Waals surface area contributed by atoms with Crippen LogP contribution < -0.4 is 10.6 Å². The summed E-state index contributed by atoms with van der Waals surface area (Å²) < 4.78 is 0. The second kappa shape index (κ2) is 6.08. The fourth-order valence-electron chi connectivity index (χ4n) is 2.26. The summed E-state index contributed by atoms with van der Waals surface area (Å²) in [5, 5.41) is 6.75. The van der Waals surface area contributed by atoms with Gasteiger partial charge in [0.15, 0.2) is 0 Å². The second-order valence-electron chi connectivity index (χ2n) is 5.42. The van der Waals surface area contributed by atoms with E-state index in [9.17, 15) is 0 Å². The second-order valence-corrected chi connectivity index (χ2v) is 5.42. The average molecular weight is 283 g/mol. The molecule has 1 fully saturated rings. The molecule has 0 aromatic carbocycles. The van der Waals surface area contributed by atoms with E-state index in [0.29, 0.717) is 5.92 Å². The molecular weight excluding hydrogens is 262 g/mol. The Labute approximate surface area is 125 Å². The molecule has 0 spiro atoms. The first kappa shape index (κ1) is 13.8. The quantitative estimate of drug-likeness (QED) is 0.853. The van der Waals surface area contributed by atoms with Crippen LogP contribution in [0.2, 0.25) is 0 Å². The van der Waals surface area contributed by atoms with Crippen molar-refractivity contribution in [2.24, 2.45) is 0 Å². The van der Waals surface area contributed by atoms with E-state index in [2.05, 4.69) is 40.5 Å². The molecule has 2 N–H and O–H groups in total. The Balaban J connectivity index is 1.82. The highest BCUT2D eigenvalue weighted by Crippen LogP contribution is 2.39. The van der Waals surface area contributed by atoms with Crippen LogP contribution in [0.4, 0.5) is 11.6 Å². The molecule has 110 valence electrons. The highest BCUT2D eigenvalue weighted by atomic mass is 15.1. The third kappa shape index (κ3) is 3.29. The molecule has 2 aromatic rings. The van der Waals surface area contributed by atoms with Crippen molar-refractivity contribution in [2.75, 3.05) is 17.2 Å². The van der Waals surface area contributed by atoms with Crippen molar-refractivity contribution in [3.8, 4) is 0 Å². The number of aromatic nitrogens is 3.